The Labute approximate surface area is 254 Å². The van der Waals surface area contributed by atoms with Gasteiger partial charge in [0, 0.05) is 34.6 Å². The molecule has 1 aromatic heterocycles. The van der Waals surface area contributed by atoms with Crippen molar-refractivity contribution in [2.45, 2.75) is 49.7 Å². The van der Waals surface area contributed by atoms with Gasteiger partial charge in [-0.2, -0.15) is 0 Å². The van der Waals surface area contributed by atoms with E-state index in [0.29, 0.717) is 29.9 Å². The Bertz CT molecular complexity index is 1570. The summed E-state index contributed by atoms with van der Waals surface area (Å²) in [4.78, 5) is 17.8. The predicted octanol–water partition coefficient (Wildman–Crippen LogP) is 5.32. The van der Waals surface area contributed by atoms with Crippen molar-refractivity contribution < 1.29 is 13.2 Å². The molecule has 0 aliphatic carbocycles. The molecule has 2 aromatic carbocycles. The van der Waals surface area contributed by atoms with Gasteiger partial charge in [0.2, 0.25) is 15.9 Å². The molecule has 3 N–H and O–H groups in total. The molecule has 3 aromatic rings. The lowest BCUT2D eigenvalue weighted by Gasteiger charge is -2.39. The second-order valence-electron chi connectivity index (χ2n) is 11.0. The molecular weight excluding hydrogens is 601 g/mol. The minimum Gasteiger partial charge on any atom is -0.367 e. The second-order valence-corrected chi connectivity index (χ2v) is 14.6. The number of carbonyl (C=O) groups is 1. The quantitative estimate of drug-likeness (QED) is 0.207. The van der Waals surface area contributed by atoms with E-state index in [0.717, 1.165) is 33.5 Å². The van der Waals surface area contributed by atoms with Crippen LogP contribution in [0.25, 0.3) is 10.1 Å². The van der Waals surface area contributed by atoms with E-state index in [1.165, 1.54) is 18.2 Å². The number of piperazine rings is 1. The molecule has 0 spiro atoms. The highest BCUT2D eigenvalue weighted by molar-refractivity contribution is 7.89. The molecule has 2 saturated heterocycles. The first kappa shape index (κ1) is 29.8. The average Bonchev–Trinajstić information content (AvgIpc) is 3.65. The highest BCUT2D eigenvalue weighted by Gasteiger charge is 2.46. The van der Waals surface area contributed by atoms with E-state index in [1.807, 2.05) is 18.2 Å². The first-order chi connectivity index (χ1) is 19.4. The lowest BCUT2D eigenvalue weighted by molar-refractivity contribution is -0.132. The van der Waals surface area contributed by atoms with Crippen molar-refractivity contribution in [3.63, 3.8) is 0 Å². The molecule has 2 bridgehead atoms. The van der Waals surface area contributed by atoms with Crippen molar-refractivity contribution in [3.05, 3.63) is 75.7 Å². The maximum Gasteiger partial charge on any atom is 0.242 e. The average molecular weight is 635 g/mol. The van der Waals surface area contributed by atoms with Crippen LogP contribution in [0.1, 0.15) is 31.6 Å². The van der Waals surface area contributed by atoms with E-state index in [1.54, 1.807) is 16.2 Å². The third-order valence-corrected chi connectivity index (χ3v) is 10.9. The largest absolute Gasteiger partial charge is 0.367 e. The first-order valence-electron chi connectivity index (χ1n) is 13.5. The molecule has 1 amide bonds. The Morgan fingerprint density at radius 1 is 1.12 bits per heavy atom. The van der Waals surface area contributed by atoms with Gasteiger partial charge in [0.15, 0.2) is 0 Å². The number of halogens is 2. The van der Waals surface area contributed by atoms with Crippen LogP contribution in [0.5, 0.6) is 0 Å². The fourth-order valence-corrected chi connectivity index (χ4v) is 8.37. The Hall–Kier alpha value is -2.63. The minimum absolute atomic E-state index is 0.00294. The van der Waals surface area contributed by atoms with Crippen molar-refractivity contribution in [2.24, 2.45) is 5.92 Å². The van der Waals surface area contributed by atoms with E-state index >= 15 is 0 Å². The molecule has 3 heterocycles. The van der Waals surface area contributed by atoms with Crippen LogP contribution in [-0.2, 0) is 14.8 Å². The zero-order valence-electron chi connectivity index (χ0n) is 22.9. The van der Waals surface area contributed by atoms with Gasteiger partial charge < -0.3 is 15.1 Å². The Kier molecular flexibility index (Phi) is 8.69. The minimum atomic E-state index is -3.98. The number of hydrogen-bond donors (Lipinski definition) is 3. The summed E-state index contributed by atoms with van der Waals surface area (Å²) in [6.45, 7) is 9.51. The van der Waals surface area contributed by atoms with E-state index in [-0.39, 0.29) is 40.5 Å². The molecule has 1 unspecified atom stereocenters. The summed E-state index contributed by atoms with van der Waals surface area (Å²) in [5.41, 5.74) is 0.919. The van der Waals surface area contributed by atoms with E-state index in [4.69, 9.17) is 28.6 Å². The molecule has 2 fully saturated rings. The third kappa shape index (κ3) is 6.41. The fourth-order valence-electron chi connectivity index (χ4n) is 5.65. The molecule has 0 radical (unpaired) electrons. The summed E-state index contributed by atoms with van der Waals surface area (Å²) in [7, 11) is -3.98. The monoisotopic (exact) mass is 633 g/mol. The van der Waals surface area contributed by atoms with Gasteiger partial charge in [0.25, 0.3) is 0 Å². The van der Waals surface area contributed by atoms with Gasteiger partial charge in [-0.3, -0.25) is 10.2 Å². The normalized spacial score (nSPS) is 19.2. The van der Waals surface area contributed by atoms with Gasteiger partial charge in [-0.15, -0.1) is 11.3 Å². The van der Waals surface area contributed by atoms with Crippen LogP contribution in [-0.4, -0.2) is 67.7 Å². The molecule has 2 aliphatic heterocycles. The first-order valence-corrected chi connectivity index (χ1v) is 16.5. The maximum absolute atomic E-state index is 13.0. The standard InChI is InChI=1S/C29H33Cl2N5O3S2/c1-17(2)10-24(34-29(32)26-11-19-6-4-5-7-25(19)40-26)18(3)35-15-22-13-21(35)16-36(22)28(37)14-33-41(38,39)27-9-8-20(30)12-23(27)31/h4-9,11-12,17,21-22,24,33H,3,10,13-16H2,1-2H3,(H2,32,34)/t21?,22-,24-/m0/s1. The van der Waals surface area contributed by atoms with Gasteiger partial charge in [-0.05, 0) is 54.5 Å². The Balaban J connectivity index is 1.20. The highest BCUT2D eigenvalue weighted by Crippen LogP contribution is 2.35. The van der Waals surface area contributed by atoms with Gasteiger partial charge in [-0.1, -0.05) is 61.8 Å². The Morgan fingerprint density at radius 3 is 2.49 bits per heavy atom. The second kappa shape index (κ2) is 11.9. The van der Waals surface area contributed by atoms with Crippen LogP contribution in [0.2, 0.25) is 10.0 Å². The van der Waals surface area contributed by atoms with Crippen molar-refractivity contribution in [3.8, 4) is 0 Å². The molecule has 2 aliphatic rings. The number of rotatable bonds is 10. The molecule has 8 nitrogen and oxygen atoms in total. The number of carbonyl (C=O) groups excluding carboxylic acids is 1. The number of likely N-dealkylation sites (tertiary alicyclic amines) is 2. The highest BCUT2D eigenvalue weighted by atomic mass is 35.5. The smallest absolute Gasteiger partial charge is 0.242 e. The van der Waals surface area contributed by atoms with Crippen LogP contribution < -0.4 is 10.0 Å². The fraction of sp³-hybridized carbons (Fsp3) is 0.379. The number of benzene rings is 2. The molecule has 3 atom stereocenters. The van der Waals surface area contributed by atoms with Crippen molar-refractivity contribution in [2.75, 3.05) is 19.6 Å². The van der Waals surface area contributed by atoms with E-state index < -0.39 is 10.0 Å². The van der Waals surface area contributed by atoms with Gasteiger partial charge >= 0.3 is 0 Å². The summed E-state index contributed by atoms with van der Waals surface area (Å²) in [6.07, 6.45) is 1.61. The van der Waals surface area contributed by atoms with E-state index in [9.17, 15) is 13.2 Å². The molecule has 5 rings (SSSR count). The SMILES string of the molecule is C=C([C@H](CC(C)C)NC(=N)c1cc2ccccc2s1)N1C[C@@H]2CC1CN2C(=O)CNS(=O)(=O)c1ccc(Cl)cc1Cl. The van der Waals surface area contributed by atoms with Crippen molar-refractivity contribution in [1.82, 2.24) is 19.8 Å². The number of nitrogens with zero attached hydrogens (tertiary/aromatic N) is 2. The molecule has 12 heteroatoms. The number of fused-ring (bicyclic) bond motifs is 3. The van der Waals surface area contributed by atoms with Crippen LogP contribution in [0, 0.1) is 11.3 Å². The van der Waals surface area contributed by atoms with Gasteiger partial charge in [0.1, 0.15) is 10.7 Å². The number of hydrogen-bond acceptors (Lipinski definition) is 6. The van der Waals surface area contributed by atoms with Crippen molar-refractivity contribution in [1.29, 1.82) is 5.41 Å². The van der Waals surface area contributed by atoms with Gasteiger partial charge in [-0.25, -0.2) is 13.1 Å². The zero-order valence-corrected chi connectivity index (χ0v) is 26.0. The lowest BCUT2D eigenvalue weighted by Crippen LogP contribution is -2.53. The third-order valence-electron chi connectivity index (χ3n) is 7.63. The zero-order chi connectivity index (χ0) is 29.5. The molecular formula is C29H33Cl2N5O3S2. The summed E-state index contributed by atoms with van der Waals surface area (Å²) in [5.74, 6) is 0.492. The van der Waals surface area contributed by atoms with Crippen molar-refractivity contribution >= 4 is 66.4 Å². The number of amidine groups is 1. The number of sulfonamides is 1. The predicted molar refractivity (Wildman–Crippen MR) is 166 cm³/mol. The van der Waals surface area contributed by atoms with Gasteiger partial charge in [0.05, 0.1) is 28.5 Å². The topological polar surface area (TPSA) is 106 Å². The van der Waals surface area contributed by atoms with Crippen LogP contribution in [0.3, 0.4) is 0 Å². The lowest BCUT2D eigenvalue weighted by atomic mass is 10.00. The number of nitrogens with one attached hydrogen (secondary N) is 3. The van der Waals surface area contributed by atoms with Crippen LogP contribution in [0.4, 0.5) is 0 Å². The number of thiophene rings is 1. The summed E-state index contributed by atoms with van der Waals surface area (Å²) in [6, 6.07) is 14.2. The van der Waals surface area contributed by atoms with E-state index in [2.05, 4.69) is 47.5 Å². The number of amides is 1. The maximum atomic E-state index is 13.0. The Morgan fingerprint density at radius 2 is 1.83 bits per heavy atom. The van der Waals surface area contributed by atoms with Crippen LogP contribution in [0.15, 0.2) is 65.7 Å². The van der Waals surface area contributed by atoms with Crippen LogP contribution >= 0.6 is 34.5 Å². The molecule has 218 valence electrons. The molecule has 0 saturated carbocycles. The summed E-state index contributed by atoms with van der Waals surface area (Å²) < 4.78 is 29.0. The summed E-state index contributed by atoms with van der Waals surface area (Å²) in [5, 5.41) is 13.7. The molecule has 41 heavy (non-hydrogen) atoms. The summed E-state index contributed by atoms with van der Waals surface area (Å²) >= 11 is 13.5.